The van der Waals surface area contributed by atoms with Crippen LogP contribution >= 0.6 is 0 Å². The van der Waals surface area contributed by atoms with Crippen LogP contribution in [0.2, 0.25) is 0 Å². The molecule has 0 bridgehead atoms. The summed E-state index contributed by atoms with van der Waals surface area (Å²) in [5.74, 6) is -0.811. The fourth-order valence-electron chi connectivity index (χ4n) is 1.22. The lowest BCUT2D eigenvalue weighted by Gasteiger charge is -2.06. The van der Waals surface area contributed by atoms with Gasteiger partial charge < -0.3 is 5.32 Å². The van der Waals surface area contributed by atoms with Gasteiger partial charge in [0, 0.05) is 6.54 Å². The number of amides is 1. The van der Waals surface area contributed by atoms with E-state index in [2.05, 4.69) is 5.32 Å². The highest BCUT2D eigenvalue weighted by atomic mass is 16.1. The van der Waals surface area contributed by atoms with Crippen molar-refractivity contribution in [1.82, 2.24) is 5.32 Å². The molecule has 1 aromatic carbocycles. The van der Waals surface area contributed by atoms with Crippen LogP contribution in [0.1, 0.15) is 18.1 Å². The van der Waals surface area contributed by atoms with Crippen LogP contribution in [0.25, 0.3) is 0 Å². The molecule has 0 aliphatic heterocycles. The van der Waals surface area contributed by atoms with Crippen LogP contribution in [0.15, 0.2) is 24.3 Å². The van der Waals surface area contributed by atoms with E-state index >= 15 is 0 Å². The van der Waals surface area contributed by atoms with Crippen molar-refractivity contribution < 1.29 is 4.79 Å². The number of hydrogen-bond donors (Lipinski definition) is 1. The molecule has 0 aromatic heterocycles. The second-order valence-corrected chi connectivity index (χ2v) is 3.56. The molecule has 3 nitrogen and oxygen atoms in total. The summed E-state index contributed by atoms with van der Waals surface area (Å²) in [6.45, 7) is 4.07. The zero-order chi connectivity index (χ0) is 11.3. The van der Waals surface area contributed by atoms with Crippen molar-refractivity contribution in [3.63, 3.8) is 0 Å². The zero-order valence-electron chi connectivity index (χ0n) is 8.95. The van der Waals surface area contributed by atoms with Gasteiger partial charge in [-0.15, -0.1) is 0 Å². The van der Waals surface area contributed by atoms with E-state index < -0.39 is 5.92 Å². The van der Waals surface area contributed by atoms with Crippen LogP contribution in [0.3, 0.4) is 0 Å². The third-order valence-corrected chi connectivity index (χ3v) is 2.14. The average Bonchev–Trinajstić information content (AvgIpc) is 2.25. The van der Waals surface area contributed by atoms with Crippen molar-refractivity contribution in [3.05, 3.63) is 35.4 Å². The molecule has 0 heterocycles. The summed E-state index contributed by atoms with van der Waals surface area (Å²) in [5.41, 5.74) is 2.21. The first-order chi connectivity index (χ1) is 7.13. The molecule has 0 radical (unpaired) electrons. The molecule has 1 rings (SSSR count). The Morgan fingerprint density at radius 3 is 2.93 bits per heavy atom. The van der Waals surface area contributed by atoms with Crippen LogP contribution in [-0.4, -0.2) is 5.91 Å². The Hall–Kier alpha value is -1.82. The second kappa shape index (κ2) is 5.16. The average molecular weight is 202 g/mol. The van der Waals surface area contributed by atoms with Gasteiger partial charge in [0.05, 0.1) is 6.07 Å². The third kappa shape index (κ3) is 3.43. The van der Waals surface area contributed by atoms with Crippen molar-refractivity contribution in [1.29, 1.82) is 5.26 Å². The maximum absolute atomic E-state index is 11.3. The number of nitrogens with zero attached hydrogens (tertiary/aromatic N) is 1. The van der Waals surface area contributed by atoms with Gasteiger partial charge in [-0.2, -0.15) is 5.26 Å². The highest BCUT2D eigenvalue weighted by molar-refractivity contribution is 5.80. The highest BCUT2D eigenvalue weighted by Gasteiger charge is 2.10. The minimum atomic E-state index is -0.588. The Morgan fingerprint density at radius 1 is 1.60 bits per heavy atom. The molecule has 15 heavy (non-hydrogen) atoms. The van der Waals surface area contributed by atoms with Crippen LogP contribution in [0.5, 0.6) is 0 Å². The molecular weight excluding hydrogens is 188 g/mol. The van der Waals surface area contributed by atoms with Gasteiger partial charge in [-0.05, 0) is 19.4 Å². The molecular formula is C12H14N2O. The van der Waals surface area contributed by atoms with Gasteiger partial charge in [0.1, 0.15) is 5.92 Å². The number of aryl methyl sites for hydroxylation is 1. The Morgan fingerprint density at radius 2 is 2.33 bits per heavy atom. The van der Waals surface area contributed by atoms with Crippen molar-refractivity contribution in [2.24, 2.45) is 5.92 Å². The molecule has 0 aliphatic carbocycles. The van der Waals surface area contributed by atoms with E-state index in [-0.39, 0.29) is 5.91 Å². The summed E-state index contributed by atoms with van der Waals surface area (Å²) in [5, 5.41) is 11.3. The first-order valence-corrected chi connectivity index (χ1v) is 4.86. The van der Waals surface area contributed by atoms with E-state index in [1.54, 1.807) is 6.92 Å². The number of rotatable bonds is 3. The lowest BCUT2D eigenvalue weighted by atomic mass is 10.1. The third-order valence-electron chi connectivity index (χ3n) is 2.14. The van der Waals surface area contributed by atoms with E-state index in [0.29, 0.717) is 6.54 Å². The summed E-state index contributed by atoms with van der Waals surface area (Å²) >= 11 is 0. The first-order valence-electron chi connectivity index (χ1n) is 4.86. The number of carbonyl (C=O) groups excluding carboxylic acids is 1. The summed E-state index contributed by atoms with van der Waals surface area (Å²) in [7, 11) is 0. The van der Waals surface area contributed by atoms with Crippen LogP contribution in [-0.2, 0) is 11.3 Å². The van der Waals surface area contributed by atoms with Gasteiger partial charge in [0.2, 0.25) is 5.91 Å². The number of benzene rings is 1. The Bertz CT molecular complexity index is 393. The van der Waals surface area contributed by atoms with Gasteiger partial charge in [-0.25, -0.2) is 0 Å². The predicted octanol–water partition coefficient (Wildman–Crippen LogP) is 1.77. The molecule has 1 N–H and O–H groups in total. The Balaban J connectivity index is 2.51. The first kappa shape index (κ1) is 11.3. The van der Waals surface area contributed by atoms with Crippen LogP contribution in [0, 0.1) is 24.2 Å². The topological polar surface area (TPSA) is 52.9 Å². The van der Waals surface area contributed by atoms with Crippen molar-refractivity contribution >= 4 is 5.91 Å². The largest absolute Gasteiger partial charge is 0.351 e. The minimum Gasteiger partial charge on any atom is -0.351 e. The summed E-state index contributed by atoms with van der Waals surface area (Å²) in [4.78, 5) is 11.3. The van der Waals surface area contributed by atoms with E-state index in [1.165, 1.54) is 0 Å². The minimum absolute atomic E-state index is 0.223. The van der Waals surface area contributed by atoms with Crippen molar-refractivity contribution in [2.75, 3.05) is 0 Å². The standard InChI is InChI=1S/C12H14N2O/c1-9-4-3-5-11(6-9)8-14-12(15)10(2)7-13/h3-6,10H,8H2,1-2H3,(H,14,15). The maximum Gasteiger partial charge on any atom is 0.237 e. The number of nitrogens with one attached hydrogen (secondary N) is 1. The number of hydrogen-bond acceptors (Lipinski definition) is 2. The molecule has 1 aromatic rings. The highest BCUT2D eigenvalue weighted by Crippen LogP contribution is 2.03. The van der Waals surface area contributed by atoms with Gasteiger partial charge in [0.25, 0.3) is 0 Å². The van der Waals surface area contributed by atoms with E-state index in [1.807, 2.05) is 37.3 Å². The molecule has 1 atom stereocenters. The molecule has 1 amide bonds. The predicted molar refractivity (Wildman–Crippen MR) is 57.8 cm³/mol. The molecule has 0 aliphatic rings. The van der Waals surface area contributed by atoms with E-state index in [9.17, 15) is 4.79 Å². The summed E-state index contributed by atoms with van der Waals surface area (Å²) < 4.78 is 0. The molecule has 1 unspecified atom stereocenters. The van der Waals surface area contributed by atoms with E-state index in [4.69, 9.17) is 5.26 Å². The lowest BCUT2D eigenvalue weighted by Crippen LogP contribution is -2.27. The Kier molecular flexibility index (Phi) is 3.87. The fraction of sp³-hybridized carbons (Fsp3) is 0.333. The smallest absolute Gasteiger partial charge is 0.237 e. The maximum atomic E-state index is 11.3. The second-order valence-electron chi connectivity index (χ2n) is 3.56. The zero-order valence-corrected chi connectivity index (χ0v) is 8.95. The molecule has 0 spiro atoms. The van der Waals surface area contributed by atoms with Crippen LogP contribution < -0.4 is 5.32 Å². The van der Waals surface area contributed by atoms with Crippen molar-refractivity contribution in [2.45, 2.75) is 20.4 Å². The Labute approximate surface area is 89.7 Å². The van der Waals surface area contributed by atoms with Gasteiger partial charge in [-0.1, -0.05) is 29.8 Å². The van der Waals surface area contributed by atoms with E-state index in [0.717, 1.165) is 11.1 Å². The van der Waals surface area contributed by atoms with Gasteiger partial charge in [-0.3, -0.25) is 4.79 Å². The molecule has 0 fully saturated rings. The monoisotopic (exact) mass is 202 g/mol. The molecule has 3 heteroatoms. The van der Waals surface area contributed by atoms with Crippen molar-refractivity contribution in [3.8, 4) is 6.07 Å². The summed E-state index contributed by atoms with van der Waals surface area (Å²) in [6, 6.07) is 9.81. The lowest BCUT2D eigenvalue weighted by molar-refractivity contribution is -0.123. The van der Waals surface area contributed by atoms with Gasteiger partial charge >= 0.3 is 0 Å². The number of nitriles is 1. The SMILES string of the molecule is Cc1cccc(CNC(=O)C(C)C#N)c1. The van der Waals surface area contributed by atoms with Gasteiger partial charge in [0.15, 0.2) is 0 Å². The number of carbonyl (C=O) groups is 1. The van der Waals surface area contributed by atoms with Crippen LogP contribution in [0.4, 0.5) is 0 Å². The molecule has 0 saturated heterocycles. The fourth-order valence-corrected chi connectivity index (χ4v) is 1.22. The molecule has 78 valence electrons. The normalized spacial score (nSPS) is 11.5. The summed E-state index contributed by atoms with van der Waals surface area (Å²) in [6.07, 6.45) is 0. The molecule has 0 saturated carbocycles. The quantitative estimate of drug-likeness (QED) is 0.812.